The molecule has 0 amide bonds. The summed E-state index contributed by atoms with van der Waals surface area (Å²) in [6.07, 6.45) is 1.10. The van der Waals surface area contributed by atoms with E-state index in [-0.39, 0.29) is 6.61 Å². The molecule has 128 valence electrons. The molecule has 5 heteroatoms. The molecule has 5 nitrogen and oxygen atoms in total. The topological polar surface area (TPSA) is 72.4 Å². The molecule has 0 unspecified atom stereocenters. The molecule has 0 fully saturated rings. The molecule has 0 aliphatic heterocycles. The quantitative estimate of drug-likeness (QED) is 0.543. The van der Waals surface area contributed by atoms with Gasteiger partial charge in [0.15, 0.2) is 5.76 Å². The first-order valence-corrected chi connectivity index (χ1v) is 8.36. The van der Waals surface area contributed by atoms with Gasteiger partial charge in [-0.3, -0.25) is 0 Å². The predicted octanol–water partition coefficient (Wildman–Crippen LogP) is 2.68. The van der Waals surface area contributed by atoms with Gasteiger partial charge < -0.3 is 24.0 Å². The van der Waals surface area contributed by atoms with Crippen molar-refractivity contribution in [1.29, 1.82) is 0 Å². The first-order chi connectivity index (χ1) is 12.3. The second kappa shape index (κ2) is 7.01. The molecule has 0 aliphatic carbocycles. The highest BCUT2D eigenvalue weighted by Gasteiger charge is 2.11. The van der Waals surface area contributed by atoms with E-state index in [1.807, 2.05) is 59.9 Å². The van der Waals surface area contributed by atoms with Crippen LogP contribution in [0.4, 0.5) is 0 Å². The van der Waals surface area contributed by atoms with Gasteiger partial charge in [-0.15, -0.1) is 0 Å². The van der Waals surface area contributed by atoms with Crippen molar-refractivity contribution in [3.63, 3.8) is 0 Å². The number of rotatable bonds is 7. The van der Waals surface area contributed by atoms with Gasteiger partial charge in [0.1, 0.15) is 42.7 Å². The Balaban J connectivity index is 1.35. The minimum Gasteiger partial charge on any atom is -0.491 e. The van der Waals surface area contributed by atoms with Gasteiger partial charge in [0.25, 0.3) is 0 Å². The Morgan fingerprint density at radius 2 is 1.88 bits per heavy atom. The molecule has 25 heavy (non-hydrogen) atoms. The summed E-state index contributed by atoms with van der Waals surface area (Å²) in [6.45, 7) is 1.49. The highest BCUT2D eigenvalue weighted by Crippen LogP contribution is 2.30. The zero-order chi connectivity index (χ0) is 17.1. The molecule has 4 aromatic rings. The summed E-state index contributed by atoms with van der Waals surface area (Å²) in [6, 6.07) is 17.5. The molecule has 0 bridgehead atoms. The molecule has 1 atom stereocenters. The maximum absolute atomic E-state index is 10.1. The summed E-state index contributed by atoms with van der Waals surface area (Å²) in [5.41, 5.74) is 1.65. The minimum absolute atomic E-state index is 0.236. The highest BCUT2D eigenvalue weighted by atomic mass is 16.5. The summed E-state index contributed by atoms with van der Waals surface area (Å²) in [7, 11) is 0. The lowest BCUT2D eigenvalue weighted by molar-refractivity contribution is -0.678. The lowest BCUT2D eigenvalue weighted by Crippen LogP contribution is -2.85. The molecule has 0 spiro atoms. The van der Waals surface area contributed by atoms with Crippen molar-refractivity contribution in [2.45, 2.75) is 12.6 Å². The summed E-state index contributed by atoms with van der Waals surface area (Å²) >= 11 is 0. The largest absolute Gasteiger partial charge is 0.491 e. The number of quaternary nitrogens is 1. The summed E-state index contributed by atoms with van der Waals surface area (Å²) in [4.78, 5) is 0. The van der Waals surface area contributed by atoms with Crippen LogP contribution in [0.1, 0.15) is 5.76 Å². The van der Waals surface area contributed by atoms with Crippen LogP contribution in [-0.2, 0) is 6.54 Å². The number of ether oxygens (including phenoxy) is 1. The Morgan fingerprint density at radius 3 is 2.76 bits per heavy atom. The van der Waals surface area contributed by atoms with Gasteiger partial charge in [-0.25, -0.2) is 0 Å². The van der Waals surface area contributed by atoms with Crippen molar-refractivity contribution in [3.05, 3.63) is 66.6 Å². The van der Waals surface area contributed by atoms with Crippen molar-refractivity contribution in [2.75, 3.05) is 13.2 Å². The van der Waals surface area contributed by atoms with Crippen LogP contribution >= 0.6 is 0 Å². The van der Waals surface area contributed by atoms with E-state index in [0.717, 1.165) is 27.7 Å². The molecular weight excluding hydrogens is 318 g/mol. The van der Waals surface area contributed by atoms with Crippen LogP contribution in [0.5, 0.6) is 5.75 Å². The monoisotopic (exact) mass is 338 g/mol. The first kappa shape index (κ1) is 15.7. The Labute approximate surface area is 144 Å². The number of aliphatic hydroxyl groups excluding tert-OH is 1. The fraction of sp³-hybridized carbons (Fsp3) is 0.200. The number of hydrogen-bond acceptors (Lipinski definition) is 4. The highest BCUT2D eigenvalue weighted by molar-refractivity contribution is 6.05. The van der Waals surface area contributed by atoms with Gasteiger partial charge in [0, 0.05) is 16.8 Å². The number of benzene rings is 2. The van der Waals surface area contributed by atoms with Crippen LogP contribution in [0.25, 0.3) is 21.9 Å². The third-order valence-electron chi connectivity index (χ3n) is 4.16. The fourth-order valence-electron chi connectivity index (χ4n) is 2.90. The van der Waals surface area contributed by atoms with Crippen molar-refractivity contribution < 1.29 is 24.0 Å². The molecule has 3 N–H and O–H groups in total. The second-order valence-electron chi connectivity index (χ2n) is 6.03. The van der Waals surface area contributed by atoms with E-state index in [2.05, 4.69) is 0 Å². The van der Waals surface area contributed by atoms with Gasteiger partial charge in [0.05, 0.1) is 6.26 Å². The van der Waals surface area contributed by atoms with Gasteiger partial charge in [-0.2, -0.15) is 0 Å². The van der Waals surface area contributed by atoms with Gasteiger partial charge in [-0.1, -0.05) is 18.2 Å². The van der Waals surface area contributed by atoms with Crippen LogP contribution in [-0.4, -0.2) is 24.4 Å². The van der Waals surface area contributed by atoms with Gasteiger partial charge >= 0.3 is 0 Å². The SMILES string of the molecule is O[C@@H](C[NH2+]Cc1ccco1)COc1ccc2c(c1)oc1ccccc12. The third kappa shape index (κ3) is 3.52. The Bertz CT molecular complexity index is 958. The van der Waals surface area contributed by atoms with E-state index < -0.39 is 6.10 Å². The zero-order valence-corrected chi connectivity index (χ0v) is 13.7. The van der Waals surface area contributed by atoms with Gasteiger partial charge in [-0.05, 0) is 30.3 Å². The maximum atomic E-state index is 10.1. The van der Waals surface area contributed by atoms with Crippen LogP contribution in [0, 0.1) is 0 Å². The molecule has 0 aliphatic rings. The number of hydrogen-bond donors (Lipinski definition) is 2. The van der Waals surface area contributed by atoms with Crippen LogP contribution in [0.2, 0.25) is 0 Å². The molecule has 4 rings (SSSR count). The first-order valence-electron chi connectivity index (χ1n) is 8.36. The van der Waals surface area contributed by atoms with E-state index in [1.54, 1.807) is 6.26 Å². The molecule has 0 radical (unpaired) electrons. The minimum atomic E-state index is -0.554. The van der Waals surface area contributed by atoms with Crippen LogP contribution < -0.4 is 10.1 Å². The average molecular weight is 338 g/mol. The van der Waals surface area contributed by atoms with Gasteiger partial charge in [0.2, 0.25) is 0 Å². The smallest absolute Gasteiger partial charge is 0.157 e. The normalized spacial score (nSPS) is 12.7. The van der Waals surface area contributed by atoms with E-state index in [0.29, 0.717) is 18.8 Å². The number of aliphatic hydroxyl groups is 1. The summed E-state index contributed by atoms with van der Waals surface area (Å²) < 4.78 is 16.8. The average Bonchev–Trinajstić information content (AvgIpc) is 3.26. The number of para-hydroxylation sites is 1. The third-order valence-corrected chi connectivity index (χ3v) is 4.16. The summed E-state index contributed by atoms with van der Waals surface area (Å²) in [5.74, 6) is 1.58. The Hall–Kier alpha value is -2.76. The molecule has 2 aromatic heterocycles. The maximum Gasteiger partial charge on any atom is 0.157 e. The molecular formula is C20H20NO4+. The van der Waals surface area contributed by atoms with E-state index >= 15 is 0 Å². The van der Waals surface area contributed by atoms with Crippen molar-refractivity contribution in [2.24, 2.45) is 0 Å². The number of furan rings is 2. The molecule has 0 saturated heterocycles. The number of nitrogens with two attached hydrogens (primary N) is 1. The standard InChI is InChI=1S/C20H19NO4/c22-14(11-21-12-16-4-3-9-23-16)13-24-15-7-8-18-17-5-1-2-6-19(17)25-20(18)10-15/h1-10,14,21-22H,11-13H2/p+1/t14-/m0/s1. The lowest BCUT2D eigenvalue weighted by atomic mass is 10.1. The van der Waals surface area contributed by atoms with Crippen LogP contribution in [0.15, 0.2) is 69.7 Å². The van der Waals surface area contributed by atoms with Crippen molar-refractivity contribution in [1.82, 2.24) is 0 Å². The van der Waals surface area contributed by atoms with E-state index in [9.17, 15) is 5.11 Å². The second-order valence-corrected chi connectivity index (χ2v) is 6.03. The Kier molecular flexibility index (Phi) is 4.41. The predicted molar refractivity (Wildman–Crippen MR) is 94.4 cm³/mol. The Morgan fingerprint density at radius 1 is 1.00 bits per heavy atom. The van der Waals surface area contributed by atoms with Crippen molar-refractivity contribution >= 4 is 21.9 Å². The van der Waals surface area contributed by atoms with Crippen LogP contribution in [0.3, 0.4) is 0 Å². The molecule has 0 saturated carbocycles. The van der Waals surface area contributed by atoms with E-state index in [4.69, 9.17) is 13.6 Å². The molecule has 2 aromatic carbocycles. The van der Waals surface area contributed by atoms with E-state index in [1.165, 1.54) is 0 Å². The fourth-order valence-corrected chi connectivity index (χ4v) is 2.90. The lowest BCUT2D eigenvalue weighted by Gasteiger charge is -2.11. The zero-order valence-electron chi connectivity index (χ0n) is 13.7. The summed E-state index contributed by atoms with van der Waals surface area (Å²) in [5, 5.41) is 14.2. The molecule has 2 heterocycles. The van der Waals surface area contributed by atoms with Crippen molar-refractivity contribution in [3.8, 4) is 5.75 Å². The number of fused-ring (bicyclic) bond motifs is 3.